The summed E-state index contributed by atoms with van der Waals surface area (Å²) in [7, 11) is 1.32. The maximum atomic E-state index is 11.2. The first-order valence-electron chi connectivity index (χ1n) is 7.63. The van der Waals surface area contributed by atoms with E-state index in [1.165, 1.54) is 13.2 Å². The van der Waals surface area contributed by atoms with E-state index in [-0.39, 0.29) is 30.8 Å². The molecule has 22 heavy (non-hydrogen) atoms. The minimum Gasteiger partial charge on any atom is -0.466 e. The summed E-state index contributed by atoms with van der Waals surface area (Å²) in [4.78, 5) is 11.2. The lowest BCUT2D eigenvalue weighted by Crippen LogP contribution is -2.51. The van der Waals surface area contributed by atoms with E-state index >= 15 is 0 Å². The minimum absolute atomic E-state index is 0.0370. The van der Waals surface area contributed by atoms with Crippen molar-refractivity contribution in [1.29, 1.82) is 5.26 Å². The Kier molecular flexibility index (Phi) is 5.57. The topological polar surface area (TPSA) is 88.8 Å². The highest BCUT2D eigenvalue weighted by molar-refractivity contribution is 5.81. The SMILES string of the molecule is COC(=O)/C=C/C1C[C@]2(CO)O[C@@H](C[C@@H](C)C#N)CC[C@@H]2O1. The van der Waals surface area contributed by atoms with Crippen LogP contribution in [-0.2, 0) is 19.0 Å². The van der Waals surface area contributed by atoms with Crippen LogP contribution in [0.2, 0.25) is 0 Å². The van der Waals surface area contributed by atoms with Crippen molar-refractivity contribution in [3.8, 4) is 6.07 Å². The number of nitrogens with zero attached hydrogens (tertiary/aromatic N) is 1. The summed E-state index contributed by atoms with van der Waals surface area (Å²) in [6, 6.07) is 2.21. The number of carbonyl (C=O) groups is 1. The molecular formula is C16H23NO5. The van der Waals surface area contributed by atoms with Crippen LogP contribution in [-0.4, -0.2) is 48.7 Å². The summed E-state index contributed by atoms with van der Waals surface area (Å²) in [5.41, 5.74) is -0.733. The molecule has 0 aromatic rings. The summed E-state index contributed by atoms with van der Waals surface area (Å²) < 4.78 is 16.6. The van der Waals surface area contributed by atoms with E-state index in [9.17, 15) is 9.90 Å². The molecule has 2 rings (SSSR count). The van der Waals surface area contributed by atoms with Crippen LogP contribution in [0.5, 0.6) is 0 Å². The van der Waals surface area contributed by atoms with Gasteiger partial charge in [-0.15, -0.1) is 0 Å². The van der Waals surface area contributed by atoms with Crippen molar-refractivity contribution in [2.75, 3.05) is 13.7 Å². The number of hydrogen-bond donors (Lipinski definition) is 1. The first kappa shape index (κ1) is 16.9. The molecule has 2 heterocycles. The van der Waals surface area contributed by atoms with E-state index in [2.05, 4.69) is 10.8 Å². The fraction of sp³-hybridized carbons (Fsp3) is 0.750. The van der Waals surface area contributed by atoms with Gasteiger partial charge in [0.05, 0.1) is 38.1 Å². The summed E-state index contributed by atoms with van der Waals surface area (Å²) in [5.74, 6) is -0.507. The summed E-state index contributed by atoms with van der Waals surface area (Å²) in [6.07, 6.45) is 5.25. The predicted octanol–water partition coefficient (Wildman–Crippen LogP) is 1.33. The summed E-state index contributed by atoms with van der Waals surface area (Å²) in [6.45, 7) is 1.74. The number of aliphatic hydroxyl groups excluding tert-OH is 1. The van der Waals surface area contributed by atoms with Crippen LogP contribution in [0.15, 0.2) is 12.2 Å². The van der Waals surface area contributed by atoms with Gasteiger partial charge < -0.3 is 19.3 Å². The Morgan fingerprint density at radius 1 is 1.59 bits per heavy atom. The summed E-state index contributed by atoms with van der Waals surface area (Å²) in [5, 5.41) is 18.7. The van der Waals surface area contributed by atoms with E-state index in [1.807, 2.05) is 6.92 Å². The molecule has 0 amide bonds. The minimum atomic E-state index is -0.733. The van der Waals surface area contributed by atoms with Crippen molar-refractivity contribution in [1.82, 2.24) is 0 Å². The number of fused-ring (bicyclic) bond motifs is 1. The van der Waals surface area contributed by atoms with Crippen LogP contribution in [0.3, 0.4) is 0 Å². The Hall–Kier alpha value is -1.42. The van der Waals surface area contributed by atoms with Gasteiger partial charge in [0, 0.05) is 18.4 Å². The third-order valence-electron chi connectivity index (χ3n) is 4.38. The molecule has 1 unspecified atom stereocenters. The molecule has 0 radical (unpaired) electrons. The average molecular weight is 309 g/mol. The number of ether oxygens (including phenoxy) is 3. The quantitative estimate of drug-likeness (QED) is 0.609. The summed E-state index contributed by atoms with van der Waals surface area (Å²) >= 11 is 0. The van der Waals surface area contributed by atoms with Crippen LogP contribution in [0.25, 0.3) is 0 Å². The zero-order valence-corrected chi connectivity index (χ0v) is 13.0. The number of nitriles is 1. The standard InChI is InChI=1S/C16H23NO5/c1-11(9-17)7-12-3-5-14-16(10-18,22-12)8-13(21-14)4-6-15(19)20-2/h4,6,11-14,18H,3,5,7-8,10H2,1-2H3/b6-4+/t11-,12-,13?,14+,16-/m1/s1. The zero-order chi connectivity index (χ0) is 16.2. The van der Waals surface area contributed by atoms with E-state index in [0.29, 0.717) is 12.8 Å². The first-order valence-corrected chi connectivity index (χ1v) is 7.63. The smallest absolute Gasteiger partial charge is 0.330 e. The van der Waals surface area contributed by atoms with Gasteiger partial charge >= 0.3 is 5.97 Å². The van der Waals surface area contributed by atoms with Crippen molar-refractivity contribution in [2.24, 2.45) is 5.92 Å². The Balaban J connectivity index is 2.01. The maximum Gasteiger partial charge on any atom is 0.330 e. The maximum absolute atomic E-state index is 11.2. The van der Waals surface area contributed by atoms with Gasteiger partial charge in [0.1, 0.15) is 5.60 Å². The molecule has 0 aliphatic carbocycles. The number of rotatable bonds is 5. The van der Waals surface area contributed by atoms with E-state index in [0.717, 1.165) is 12.8 Å². The Labute approximate surface area is 130 Å². The second kappa shape index (κ2) is 7.23. The van der Waals surface area contributed by atoms with Gasteiger partial charge in [-0.25, -0.2) is 4.79 Å². The number of methoxy groups -OCH3 is 1. The number of esters is 1. The molecule has 2 aliphatic heterocycles. The highest BCUT2D eigenvalue weighted by atomic mass is 16.6. The lowest BCUT2D eigenvalue weighted by Gasteiger charge is -2.41. The fourth-order valence-corrected chi connectivity index (χ4v) is 3.22. The molecule has 6 nitrogen and oxygen atoms in total. The van der Waals surface area contributed by atoms with Crippen LogP contribution in [0.4, 0.5) is 0 Å². The van der Waals surface area contributed by atoms with Crippen molar-refractivity contribution in [2.45, 2.75) is 56.5 Å². The molecule has 6 heteroatoms. The van der Waals surface area contributed by atoms with Gasteiger partial charge in [0.2, 0.25) is 0 Å². The molecular weight excluding hydrogens is 286 g/mol. The lowest BCUT2D eigenvalue weighted by molar-refractivity contribution is -0.184. The second-order valence-corrected chi connectivity index (χ2v) is 6.06. The van der Waals surface area contributed by atoms with Gasteiger partial charge in [-0.1, -0.05) is 0 Å². The van der Waals surface area contributed by atoms with Crippen molar-refractivity contribution < 1.29 is 24.1 Å². The highest BCUT2D eigenvalue weighted by Gasteiger charge is 2.52. The molecule has 0 spiro atoms. The molecule has 0 bridgehead atoms. The van der Waals surface area contributed by atoms with Crippen molar-refractivity contribution >= 4 is 5.97 Å². The average Bonchev–Trinajstić information content (AvgIpc) is 2.90. The van der Waals surface area contributed by atoms with E-state index in [1.54, 1.807) is 6.08 Å². The molecule has 0 aromatic heterocycles. The van der Waals surface area contributed by atoms with Gasteiger partial charge in [0.15, 0.2) is 0 Å². The Morgan fingerprint density at radius 2 is 2.36 bits per heavy atom. The zero-order valence-electron chi connectivity index (χ0n) is 13.0. The monoisotopic (exact) mass is 309 g/mol. The lowest BCUT2D eigenvalue weighted by atomic mass is 9.85. The van der Waals surface area contributed by atoms with E-state index < -0.39 is 11.6 Å². The van der Waals surface area contributed by atoms with Crippen LogP contribution in [0, 0.1) is 17.2 Å². The molecule has 2 fully saturated rings. The van der Waals surface area contributed by atoms with Crippen LogP contribution < -0.4 is 0 Å². The largest absolute Gasteiger partial charge is 0.466 e. The highest BCUT2D eigenvalue weighted by Crippen LogP contribution is 2.42. The van der Waals surface area contributed by atoms with Crippen LogP contribution in [0.1, 0.15) is 32.6 Å². The second-order valence-electron chi connectivity index (χ2n) is 6.06. The van der Waals surface area contributed by atoms with Crippen LogP contribution >= 0.6 is 0 Å². The normalized spacial score (nSPS) is 35.8. The molecule has 0 saturated carbocycles. The predicted molar refractivity (Wildman–Crippen MR) is 77.8 cm³/mol. The first-order chi connectivity index (χ1) is 10.5. The number of aliphatic hydroxyl groups is 1. The molecule has 0 aromatic carbocycles. The number of carbonyl (C=O) groups excluding carboxylic acids is 1. The van der Waals surface area contributed by atoms with Gasteiger partial charge in [-0.3, -0.25) is 0 Å². The van der Waals surface area contributed by atoms with Gasteiger partial charge in [0.25, 0.3) is 0 Å². The molecule has 5 atom stereocenters. The molecule has 2 saturated heterocycles. The van der Waals surface area contributed by atoms with Gasteiger partial charge in [-0.05, 0) is 32.3 Å². The Bertz CT molecular complexity index is 472. The molecule has 1 N–H and O–H groups in total. The Morgan fingerprint density at radius 3 is 3.00 bits per heavy atom. The third kappa shape index (κ3) is 3.67. The molecule has 2 aliphatic rings. The van der Waals surface area contributed by atoms with Crippen molar-refractivity contribution in [3.63, 3.8) is 0 Å². The molecule has 122 valence electrons. The van der Waals surface area contributed by atoms with E-state index in [4.69, 9.17) is 14.7 Å². The number of hydrogen-bond acceptors (Lipinski definition) is 6. The fourth-order valence-electron chi connectivity index (χ4n) is 3.22. The van der Waals surface area contributed by atoms with Gasteiger partial charge in [-0.2, -0.15) is 5.26 Å². The van der Waals surface area contributed by atoms with Crippen molar-refractivity contribution in [3.05, 3.63) is 12.2 Å². The third-order valence-corrected chi connectivity index (χ3v) is 4.38.